The van der Waals surface area contributed by atoms with Crippen LogP contribution in [0, 0.1) is 11.8 Å². The van der Waals surface area contributed by atoms with Crippen molar-refractivity contribution >= 4 is 11.0 Å². The number of methoxy groups -OCH3 is 1. The third-order valence-corrected chi connectivity index (χ3v) is 2.31. The van der Waals surface area contributed by atoms with Crippen LogP contribution in [0.25, 0.3) is 11.0 Å². The van der Waals surface area contributed by atoms with Gasteiger partial charge in [-0.25, -0.2) is 4.68 Å². The van der Waals surface area contributed by atoms with E-state index in [1.807, 2.05) is 31.2 Å². The van der Waals surface area contributed by atoms with Gasteiger partial charge in [-0.15, -0.1) is 5.10 Å². The predicted molar refractivity (Wildman–Crippen MR) is 61.8 cm³/mol. The highest BCUT2D eigenvalue weighted by Crippen LogP contribution is 2.08. The number of para-hydroxylation sites is 1. The van der Waals surface area contributed by atoms with Gasteiger partial charge in [0.05, 0.1) is 5.52 Å². The van der Waals surface area contributed by atoms with Crippen molar-refractivity contribution in [2.24, 2.45) is 0 Å². The molecule has 0 aliphatic heterocycles. The van der Waals surface area contributed by atoms with Crippen molar-refractivity contribution in [3.63, 3.8) is 0 Å². The number of aromatic nitrogens is 3. The van der Waals surface area contributed by atoms with E-state index in [2.05, 4.69) is 22.2 Å². The minimum atomic E-state index is -0.0465. The van der Waals surface area contributed by atoms with Gasteiger partial charge in [-0.1, -0.05) is 29.2 Å². The van der Waals surface area contributed by atoms with Crippen molar-refractivity contribution < 1.29 is 4.74 Å². The highest BCUT2D eigenvalue weighted by atomic mass is 16.5. The molecule has 0 spiro atoms. The molecule has 0 saturated carbocycles. The van der Waals surface area contributed by atoms with E-state index in [0.29, 0.717) is 6.54 Å². The zero-order chi connectivity index (χ0) is 11.4. The molecule has 0 amide bonds. The minimum Gasteiger partial charge on any atom is -0.369 e. The quantitative estimate of drug-likeness (QED) is 0.712. The van der Waals surface area contributed by atoms with Crippen LogP contribution in [-0.2, 0) is 11.3 Å². The van der Waals surface area contributed by atoms with Gasteiger partial charge in [-0.3, -0.25) is 0 Å². The van der Waals surface area contributed by atoms with Crippen molar-refractivity contribution in [2.45, 2.75) is 19.6 Å². The van der Waals surface area contributed by atoms with Crippen LogP contribution in [0.5, 0.6) is 0 Å². The Morgan fingerprint density at radius 3 is 3.06 bits per heavy atom. The van der Waals surface area contributed by atoms with E-state index in [1.54, 1.807) is 11.8 Å². The lowest BCUT2D eigenvalue weighted by atomic mass is 10.3. The summed E-state index contributed by atoms with van der Waals surface area (Å²) in [7, 11) is 1.64. The van der Waals surface area contributed by atoms with Crippen LogP contribution in [0.1, 0.15) is 6.92 Å². The maximum absolute atomic E-state index is 5.04. The maximum Gasteiger partial charge on any atom is 0.115 e. The average Bonchev–Trinajstić information content (AvgIpc) is 2.73. The zero-order valence-electron chi connectivity index (χ0n) is 9.34. The Morgan fingerprint density at radius 1 is 1.44 bits per heavy atom. The molecule has 0 aliphatic carbocycles. The van der Waals surface area contributed by atoms with E-state index < -0.39 is 0 Å². The molecule has 82 valence electrons. The number of hydrogen-bond donors (Lipinski definition) is 0. The summed E-state index contributed by atoms with van der Waals surface area (Å²) in [6, 6.07) is 7.83. The summed E-state index contributed by atoms with van der Waals surface area (Å²) >= 11 is 0. The Balaban J connectivity index is 2.18. The Labute approximate surface area is 94.2 Å². The van der Waals surface area contributed by atoms with Crippen LogP contribution < -0.4 is 0 Å². The topological polar surface area (TPSA) is 39.9 Å². The Kier molecular flexibility index (Phi) is 3.18. The molecule has 4 nitrogen and oxygen atoms in total. The van der Waals surface area contributed by atoms with E-state index in [-0.39, 0.29) is 6.10 Å². The van der Waals surface area contributed by atoms with Crippen molar-refractivity contribution in [1.29, 1.82) is 0 Å². The molecule has 4 heteroatoms. The molecule has 16 heavy (non-hydrogen) atoms. The molecule has 0 saturated heterocycles. The van der Waals surface area contributed by atoms with Gasteiger partial charge in [0.25, 0.3) is 0 Å². The van der Waals surface area contributed by atoms with E-state index >= 15 is 0 Å². The smallest absolute Gasteiger partial charge is 0.115 e. The van der Waals surface area contributed by atoms with Gasteiger partial charge in [0.15, 0.2) is 0 Å². The molecule has 1 heterocycles. The lowest BCUT2D eigenvalue weighted by molar-refractivity contribution is 0.163. The highest BCUT2D eigenvalue weighted by Gasteiger charge is 2.00. The standard InChI is InChI=1S/C12H13N3O/c1-10(16-2)6-5-9-15-12-8-4-3-7-11(12)13-14-15/h3-4,7-8,10H,9H2,1-2H3. The number of nitrogens with zero attached hydrogens (tertiary/aromatic N) is 3. The van der Waals surface area contributed by atoms with E-state index in [9.17, 15) is 0 Å². The van der Waals surface area contributed by atoms with Crippen LogP contribution in [0.15, 0.2) is 24.3 Å². The first kappa shape index (κ1) is 10.7. The molecule has 0 fully saturated rings. The molecular formula is C12H13N3O. The van der Waals surface area contributed by atoms with Crippen molar-refractivity contribution in [2.75, 3.05) is 7.11 Å². The van der Waals surface area contributed by atoms with Gasteiger partial charge >= 0.3 is 0 Å². The summed E-state index contributed by atoms with van der Waals surface area (Å²) in [6.07, 6.45) is -0.0465. The average molecular weight is 215 g/mol. The van der Waals surface area contributed by atoms with Gasteiger partial charge in [-0.05, 0) is 19.1 Å². The van der Waals surface area contributed by atoms with E-state index in [1.165, 1.54) is 0 Å². The van der Waals surface area contributed by atoms with Crippen molar-refractivity contribution in [3.05, 3.63) is 24.3 Å². The third kappa shape index (κ3) is 2.20. The first-order chi connectivity index (χ1) is 7.81. The molecule has 1 aromatic heterocycles. The highest BCUT2D eigenvalue weighted by molar-refractivity contribution is 5.73. The van der Waals surface area contributed by atoms with Gasteiger partial charge in [-0.2, -0.15) is 0 Å². The second kappa shape index (κ2) is 4.77. The summed E-state index contributed by atoms with van der Waals surface area (Å²) in [6.45, 7) is 2.45. The first-order valence-corrected chi connectivity index (χ1v) is 5.10. The summed E-state index contributed by atoms with van der Waals surface area (Å²) in [5.41, 5.74) is 1.89. The minimum absolute atomic E-state index is 0.0465. The Morgan fingerprint density at radius 2 is 2.25 bits per heavy atom. The third-order valence-electron chi connectivity index (χ3n) is 2.31. The molecule has 0 aliphatic rings. The molecule has 0 radical (unpaired) electrons. The summed E-state index contributed by atoms with van der Waals surface area (Å²) < 4.78 is 6.82. The SMILES string of the molecule is COC(C)C#CCn1nnc2ccccc21. The number of fused-ring (bicyclic) bond motifs is 1. The maximum atomic E-state index is 5.04. The summed E-state index contributed by atoms with van der Waals surface area (Å²) in [5, 5.41) is 8.09. The van der Waals surface area contributed by atoms with Crippen LogP contribution >= 0.6 is 0 Å². The molecule has 0 N–H and O–H groups in total. The molecule has 2 rings (SSSR count). The van der Waals surface area contributed by atoms with Crippen molar-refractivity contribution in [1.82, 2.24) is 15.0 Å². The molecular weight excluding hydrogens is 202 g/mol. The normalized spacial score (nSPS) is 12.1. The Hall–Kier alpha value is -1.86. The van der Waals surface area contributed by atoms with Crippen LogP contribution in [0.2, 0.25) is 0 Å². The molecule has 1 aromatic carbocycles. The van der Waals surface area contributed by atoms with Gasteiger partial charge in [0.1, 0.15) is 18.2 Å². The largest absolute Gasteiger partial charge is 0.369 e. The van der Waals surface area contributed by atoms with E-state index in [4.69, 9.17) is 4.74 Å². The van der Waals surface area contributed by atoms with Gasteiger partial charge in [0.2, 0.25) is 0 Å². The number of benzene rings is 1. The lowest BCUT2D eigenvalue weighted by Crippen LogP contribution is -2.02. The molecule has 1 unspecified atom stereocenters. The first-order valence-electron chi connectivity index (χ1n) is 5.10. The van der Waals surface area contributed by atoms with Gasteiger partial charge < -0.3 is 4.74 Å². The monoisotopic (exact) mass is 215 g/mol. The fraction of sp³-hybridized carbons (Fsp3) is 0.333. The number of hydrogen-bond acceptors (Lipinski definition) is 3. The molecule has 0 bridgehead atoms. The van der Waals surface area contributed by atoms with Gasteiger partial charge in [0, 0.05) is 7.11 Å². The fourth-order valence-electron chi connectivity index (χ4n) is 1.36. The summed E-state index contributed by atoms with van der Waals surface area (Å²) in [4.78, 5) is 0. The zero-order valence-corrected chi connectivity index (χ0v) is 9.34. The second-order valence-electron chi connectivity index (χ2n) is 3.43. The number of ether oxygens (including phenoxy) is 1. The van der Waals surface area contributed by atoms with Crippen molar-refractivity contribution in [3.8, 4) is 11.8 Å². The fourth-order valence-corrected chi connectivity index (χ4v) is 1.36. The van der Waals surface area contributed by atoms with Crippen LogP contribution in [0.3, 0.4) is 0 Å². The second-order valence-corrected chi connectivity index (χ2v) is 3.43. The summed E-state index contributed by atoms with van der Waals surface area (Å²) in [5.74, 6) is 5.99. The van der Waals surface area contributed by atoms with E-state index in [0.717, 1.165) is 11.0 Å². The van der Waals surface area contributed by atoms with Crippen LogP contribution in [0.4, 0.5) is 0 Å². The number of rotatable bonds is 2. The molecule has 2 aromatic rings. The predicted octanol–water partition coefficient (Wildman–Crippen LogP) is 1.47. The van der Waals surface area contributed by atoms with Crippen LogP contribution in [-0.4, -0.2) is 28.2 Å². The Bertz CT molecular complexity index is 536. The lowest BCUT2D eigenvalue weighted by Gasteiger charge is -1.98. The molecule has 1 atom stereocenters.